The fourth-order valence-corrected chi connectivity index (χ4v) is 4.87. The van der Waals surface area contributed by atoms with Crippen molar-refractivity contribution < 1.29 is 32.3 Å². The summed E-state index contributed by atoms with van der Waals surface area (Å²) in [6.07, 6.45) is -4.13. The molecule has 4 rings (SSSR count). The maximum absolute atomic E-state index is 13.1. The molecule has 8 nitrogen and oxygen atoms in total. The average molecular weight is 480 g/mol. The van der Waals surface area contributed by atoms with Gasteiger partial charge in [-0.2, -0.15) is 13.2 Å². The van der Waals surface area contributed by atoms with Crippen LogP contribution in [0.1, 0.15) is 44.8 Å². The Kier molecular flexibility index (Phi) is 5.87. The second-order valence-electron chi connectivity index (χ2n) is 7.79. The van der Waals surface area contributed by atoms with Crippen LogP contribution in [0.3, 0.4) is 0 Å². The quantitative estimate of drug-likeness (QED) is 0.585. The van der Waals surface area contributed by atoms with E-state index in [0.717, 1.165) is 6.07 Å². The summed E-state index contributed by atoms with van der Waals surface area (Å²) in [6.45, 7) is 1.57. The summed E-state index contributed by atoms with van der Waals surface area (Å²) in [4.78, 5) is 50.6. The van der Waals surface area contributed by atoms with Gasteiger partial charge >= 0.3 is 12.2 Å². The van der Waals surface area contributed by atoms with Crippen molar-refractivity contribution in [3.8, 4) is 0 Å². The molecule has 1 saturated heterocycles. The van der Waals surface area contributed by atoms with Gasteiger partial charge in [-0.25, -0.2) is 4.79 Å². The minimum Gasteiger partial charge on any atom is -0.333 e. The molecule has 0 bridgehead atoms. The highest BCUT2D eigenvalue weighted by Crippen LogP contribution is 2.35. The molecule has 3 heterocycles. The number of hydrogen-bond donors (Lipinski definition) is 3. The number of piperidine rings is 1. The lowest BCUT2D eigenvalue weighted by atomic mass is 10.0. The Bertz CT molecular complexity index is 1160. The lowest BCUT2D eigenvalue weighted by Crippen LogP contribution is -2.52. The maximum Gasteiger partial charge on any atom is 0.416 e. The van der Waals surface area contributed by atoms with E-state index in [-0.39, 0.29) is 49.0 Å². The van der Waals surface area contributed by atoms with Crippen molar-refractivity contribution in [2.75, 3.05) is 5.32 Å². The van der Waals surface area contributed by atoms with Crippen molar-refractivity contribution in [2.45, 2.75) is 45.1 Å². The summed E-state index contributed by atoms with van der Waals surface area (Å²) < 4.78 is 39.2. The number of benzene rings is 1. The molecule has 2 aliphatic heterocycles. The fraction of sp³-hybridized carbons (Fsp3) is 0.333. The SMILES string of the molecule is Cc1ccc(NC(=O)NCc2scc3c2CN(C2CCC(=O)NC2=O)C3=O)cc1C(F)(F)F. The molecule has 1 fully saturated rings. The standard InChI is InChI=1S/C21H19F3N4O4S/c1-10-2-3-11(6-14(10)21(22,23)24)26-20(32)25-7-16-12-8-28(19(31)13(12)9-33-16)15-4-5-17(29)27-18(15)30/h2-3,6,9,15H,4-5,7-8H2,1H3,(H2,25,26,32)(H,27,29,30). The first-order valence-corrected chi connectivity index (χ1v) is 10.9. The summed E-state index contributed by atoms with van der Waals surface area (Å²) in [7, 11) is 0. The van der Waals surface area contributed by atoms with Gasteiger partial charge in [-0.1, -0.05) is 6.07 Å². The van der Waals surface area contributed by atoms with E-state index in [1.165, 1.54) is 35.3 Å². The van der Waals surface area contributed by atoms with Crippen LogP contribution in [0.5, 0.6) is 0 Å². The molecule has 33 heavy (non-hydrogen) atoms. The van der Waals surface area contributed by atoms with Crippen molar-refractivity contribution in [1.29, 1.82) is 0 Å². The minimum atomic E-state index is -4.53. The van der Waals surface area contributed by atoms with Crippen LogP contribution in [0.2, 0.25) is 0 Å². The topological polar surface area (TPSA) is 108 Å². The van der Waals surface area contributed by atoms with E-state index in [1.807, 2.05) is 0 Å². The molecule has 1 aromatic carbocycles. The Morgan fingerprint density at radius 3 is 2.73 bits per heavy atom. The van der Waals surface area contributed by atoms with Crippen LogP contribution < -0.4 is 16.0 Å². The molecule has 0 saturated carbocycles. The molecule has 0 aliphatic carbocycles. The van der Waals surface area contributed by atoms with Crippen molar-refractivity contribution in [3.05, 3.63) is 50.7 Å². The predicted molar refractivity (Wildman–Crippen MR) is 112 cm³/mol. The summed E-state index contributed by atoms with van der Waals surface area (Å²) >= 11 is 1.27. The Hall–Kier alpha value is -3.41. The zero-order valence-electron chi connectivity index (χ0n) is 17.3. The molecule has 0 spiro atoms. The van der Waals surface area contributed by atoms with Gasteiger partial charge in [0.2, 0.25) is 11.8 Å². The van der Waals surface area contributed by atoms with Gasteiger partial charge in [-0.15, -0.1) is 11.3 Å². The summed E-state index contributed by atoms with van der Waals surface area (Å²) in [5.74, 6) is -1.20. The zero-order valence-corrected chi connectivity index (χ0v) is 18.2. The largest absolute Gasteiger partial charge is 0.416 e. The van der Waals surface area contributed by atoms with E-state index in [0.29, 0.717) is 16.0 Å². The highest BCUT2D eigenvalue weighted by Gasteiger charge is 2.40. The molecule has 1 aromatic heterocycles. The molecule has 174 valence electrons. The zero-order chi connectivity index (χ0) is 23.9. The van der Waals surface area contributed by atoms with Gasteiger partial charge in [-0.3, -0.25) is 19.7 Å². The fourth-order valence-electron chi connectivity index (χ4n) is 3.89. The number of hydrogen-bond acceptors (Lipinski definition) is 5. The number of rotatable bonds is 4. The highest BCUT2D eigenvalue weighted by molar-refractivity contribution is 7.10. The van der Waals surface area contributed by atoms with Crippen LogP contribution in [0.25, 0.3) is 0 Å². The van der Waals surface area contributed by atoms with Crippen LogP contribution >= 0.6 is 11.3 Å². The van der Waals surface area contributed by atoms with Gasteiger partial charge in [0.05, 0.1) is 17.7 Å². The van der Waals surface area contributed by atoms with Crippen LogP contribution in [-0.4, -0.2) is 34.7 Å². The predicted octanol–water partition coefficient (Wildman–Crippen LogP) is 3.16. The lowest BCUT2D eigenvalue weighted by Gasteiger charge is -2.29. The summed E-state index contributed by atoms with van der Waals surface area (Å²) in [5, 5.41) is 8.85. The first-order chi connectivity index (χ1) is 15.5. The molecular weight excluding hydrogens is 461 g/mol. The lowest BCUT2D eigenvalue weighted by molar-refractivity contribution is -0.138. The summed E-state index contributed by atoms with van der Waals surface area (Å²) in [5.41, 5.74) is 0.345. The number of alkyl halides is 3. The number of thiophene rings is 1. The highest BCUT2D eigenvalue weighted by atomic mass is 32.1. The van der Waals surface area contributed by atoms with Gasteiger partial charge in [0.15, 0.2) is 0 Å². The molecule has 12 heteroatoms. The average Bonchev–Trinajstić information content (AvgIpc) is 3.27. The van der Waals surface area contributed by atoms with E-state index in [9.17, 15) is 32.3 Å². The van der Waals surface area contributed by atoms with Crippen molar-refractivity contribution in [1.82, 2.24) is 15.5 Å². The van der Waals surface area contributed by atoms with Crippen molar-refractivity contribution in [3.63, 3.8) is 0 Å². The number of urea groups is 1. The molecular formula is C21H19F3N4O4S. The second-order valence-corrected chi connectivity index (χ2v) is 8.75. The normalized spacial score (nSPS) is 18.2. The van der Waals surface area contributed by atoms with Gasteiger partial charge < -0.3 is 15.5 Å². The van der Waals surface area contributed by atoms with E-state index in [4.69, 9.17) is 0 Å². The van der Waals surface area contributed by atoms with Crippen LogP contribution in [-0.2, 0) is 28.9 Å². The molecule has 2 aliphatic rings. The molecule has 3 N–H and O–H groups in total. The maximum atomic E-state index is 13.1. The van der Waals surface area contributed by atoms with Crippen LogP contribution in [0, 0.1) is 6.92 Å². The molecule has 0 radical (unpaired) electrons. The second kappa shape index (κ2) is 8.50. The number of halogens is 3. The minimum absolute atomic E-state index is 0.000967. The molecule has 5 amide bonds. The number of carbonyl (C=O) groups is 4. The third kappa shape index (κ3) is 4.56. The number of aryl methyl sites for hydroxylation is 1. The molecule has 1 unspecified atom stereocenters. The third-order valence-corrected chi connectivity index (χ3v) is 6.63. The number of carbonyl (C=O) groups excluding carboxylic acids is 4. The van der Waals surface area contributed by atoms with E-state index >= 15 is 0 Å². The van der Waals surface area contributed by atoms with E-state index < -0.39 is 29.7 Å². The number of anilines is 1. The van der Waals surface area contributed by atoms with E-state index in [1.54, 1.807) is 5.38 Å². The van der Waals surface area contributed by atoms with Crippen molar-refractivity contribution >= 4 is 40.8 Å². The van der Waals surface area contributed by atoms with Crippen LogP contribution in [0.15, 0.2) is 23.6 Å². The van der Waals surface area contributed by atoms with Crippen molar-refractivity contribution in [2.24, 2.45) is 0 Å². The Balaban J connectivity index is 1.39. The monoisotopic (exact) mass is 480 g/mol. The third-order valence-electron chi connectivity index (χ3n) is 5.60. The van der Waals surface area contributed by atoms with Gasteiger partial charge in [0, 0.05) is 28.9 Å². The van der Waals surface area contributed by atoms with Crippen LogP contribution in [0.4, 0.5) is 23.7 Å². The number of nitrogens with zero attached hydrogens (tertiary/aromatic N) is 1. The number of fused-ring (bicyclic) bond motifs is 1. The first-order valence-electron chi connectivity index (χ1n) is 10.0. The Morgan fingerprint density at radius 2 is 2.03 bits per heavy atom. The number of imide groups is 1. The first kappa shape index (κ1) is 22.8. The van der Waals surface area contributed by atoms with Gasteiger partial charge in [0.1, 0.15) is 6.04 Å². The smallest absolute Gasteiger partial charge is 0.333 e. The molecule has 1 atom stereocenters. The Labute approximate surface area is 190 Å². The number of nitrogens with one attached hydrogen (secondary N) is 3. The molecule has 2 aromatic rings. The van der Waals surface area contributed by atoms with Gasteiger partial charge in [-0.05, 0) is 36.6 Å². The van der Waals surface area contributed by atoms with Gasteiger partial charge in [0.25, 0.3) is 5.91 Å². The Morgan fingerprint density at radius 1 is 1.27 bits per heavy atom. The summed E-state index contributed by atoms with van der Waals surface area (Å²) in [6, 6.07) is 2.10. The number of amides is 5. The van der Waals surface area contributed by atoms with E-state index in [2.05, 4.69) is 16.0 Å².